The zero-order chi connectivity index (χ0) is 28.8. The Hall–Kier alpha value is -1.39. The van der Waals surface area contributed by atoms with E-state index in [2.05, 4.69) is 38.3 Å². The summed E-state index contributed by atoms with van der Waals surface area (Å²) in [6, 6.07) is 0. The first-order valence-corrected chi connectivity index (χ1v) is 15.6. The largest absolute Gasteiger partial charge is 0.756 e. The maximum atomic E-state index is 11.8. The first-order chi connectivity index (χ1) is 17.9. The summed E-state index contributed by atoms with van der Waals surface area (Å²) in [5.41, 5.74) is 0. The number of ether oxygens (including phenoxy) is 4. The normalized spacial score (nSPS) is 13.4. The van der Waals surface area contributed by atoms with Crippen molar-refractivity contribution in [1.82, 2.24) is 10.6 Å². The Labute approximate surface area is 230 Å². The highest BCUT2D eigenvalue weighted by Crippen LogP contribution is 2.38. The van der Waals surface area contributed by atoms with Gasteiger partial charge in [0.25, 0.3) is 7.82 Å². The number of carbonyl (C=O) groups excluding carboxylic acids is 4. The van der Waals surface area contributed by atoms with Gasteiger partial charge in [-0.15, -0.1) is 0 Å². The van der Waals surface area contributed by atoms with Crippen molar-refractivity contribution in [1.29, 1.82) is 0 Å². The molecule has 0 aliphatic heterocycles. The minimum absolute atomic E-state index is 0.0345. The summed E-state index contributed by atoms with van der Waals surface area (Å²) < 4.78 is 41.0. The molecule has 1 unspecified atom stereocenters. The van der Waals surface area contributed by atoms with Crippen molar-refractivity contribution in [3.63, 3.8) is 0 Å². The van der Waals surface area contributed by atoms with Crippen LogP contribution in [0.4, 0.5) is 0 Å². The zero-order valence-electron chi connectivity index (χ0n) is 22.1. The topological polar surface area (TPSA) is 188 Å². The second-order valence-electron chi connectivity index (χ2n) is 7.69. The van der Waals surface area contributed by atoms with Gasteiger partial charge >= 0.3 is 11.9 Å². The van der Waals surface area contributed by atoms with Crippen molar-refractivity contribution in [2.45, 2.75) is 45.5 Å². The highest BCUT2D eigenvalue weighted by molar-refractivity contribution is 8.76. The van der Waals surface area contributed by atoms with Gasteiger partial charge in [0.1, 0.15) is 13.2 Å². The quantitative estimate of drug-likeness (QED) is 0.0706. The highest BCUT2D eigenvalue weighted by atomic mass is 33.1. The first kappa shape index (κ1) is 36.6. The SMILES string of the molecule is CC(=O)OC[C@H](COP(=O)([O-])OCCNC(=O)COCCOCCNC(=O)CCSSC(C)C)OC(C)=O. The van der Waals surface area contributed by atoms with E-state index in [-0.39, 0.29) is 38.9 Å². The fourth-order valence-electron chi connectivity index (χ4n) is 2.23. The van der Waals surface area contributed by atoms with Crippen LogP contribution in [-0.4, -0.2) is 100 Å². The zero-order valence-corrected chi connectivity index (χ0v) is 24.6. The molecule has 0 radical (unpaired) electrons. The molecule has 38 heavy (non-hydrogen) atoms. The van der Waals surface area contributed by atoms with Gasteiger partial charge in [-0.3, -0.25) is 23.7 Å². The first-order valence-electron chi connectivity index (χ1n) is 11.8. The molecule has 2 N–H and O–H groups in total. The van der Waals surface area contributed by atoms with Gasteiger partial charge in [-0.25, -0.2) is 0 Å². The Morgan fingerprint density at radius 2 is 1.53 bits per heavy atom. The number of phosphoric ester groups is 1. The third kappa shape index (κ3) is 24.9. The number of hydrogen-bond donors (Lipinski definition) is 2. The molecular weight excluding hydrogens is 567 g/mol. The summed E-state index contributed by atoms with van der Waals surface area (Å²) in [5.74, 6) is -1.13. The fourth-order valence-corrected chi connectivity index (χ4v) is 4.96. The lowest BCUT2D eigenvalue weighted by molar-refractivity contribution is -0.228. The van der Waals surface area contributed by atoms with Crippen molar-refractivity contribution < 1.29 is 56.6 Å². The molecule has 0 saturated heterocycles. The molecule has 0 heterocycles. The number of carbonyl (C=O) groups is 4. The average Bonchev–Trinajstić information content (AvgIpc) is 2.82. The number of rotatable bonds is 23. The van der Waals surface area contributed by atoms with E-state index in [4.69, 9.17) is 14.2 Å². The lowest BCUT2D eigenvalue weighted by Gasteiger charge is -2.25. The Bertz CT molecular complexity index is 760. The third-order valence-corrected chi connectivity index (χ3v) is 7.66. The van der Waals surface area contributed by atoms with Crippen molar-refractivity contribution in [2.24, 2.45) is 0 Å². The fraction of sp³-hybridized carbons (Fsp3) is 0.810. The summed E-state index contributed by atoms with van der Waals surface area (Å²) in [4.78, 5) is 57.1. The minimum atomic E-state index is -4.76. The summed E-state index contributed by atoms with van der Waals surface area (Å²) in [6.07, 6.45) is -0.689. The van der Waals surface area contributed by atoms with Crippen molar-refractivity contribution in [2.75, 3.05) is 65.1 Å². The van der Waals surface area contributed by atoms with Crippen LogP contribution in [0.25, 0.3) is 0 Å². The number of amides is 2. The van der Waals surface area contributed by atoms with E-state index in [0.717, 1.165) is 19.6 Å². The van der Waals surface area contributed by atoms with Gasteiger partial charge in [-0.05, 0) is 0 Å². The molecule has 0 fully saturated rings. The van der Waals surface area contributed by atoms with E-state index >= 15 is 0 Å². The molecule has 0 saturated carbocycles. The molecule has 0 rings (SSSR count). The predicted molar refractivity (Wildman–Crippen MR) is 139 cm³/mol. The molecule has 17 heteroatoms. The summed E-state index contributed by atoms with van der Waals surface area (Å²) in [6.45, 7) is 5.71. The van der Waals surface area contributed by atoms with E-state index in [1.54, 1.807) is 21.6 Å². The molecule has 0 aliphatic rings. The van der Waals surface area contributed by atoms with Crippen molar-refractivity contribution >= 4 is 53.2 Å². The smallest absolute Gasteiger partial charge is 0.303 e. The van der Waals surface area contributed by atoms with Crippen LogP contribution < -0.4 is 15.5 Å². The number of esters is 2. The number of hydrogen-bond acceptors (Lipinski definition) is 14. The lowest BCUT2D eigenvalue weighted by atomic mass is 10.4. The Balaban J connectivity index is 3.79. The van der Waals surface area contributed by atoms with Gasteiger partial charge in [0, 0.05) is 44.4 Å². The maximum absolute atomic E-state index is 11.8. The molecule has 0 aliphatic carbocycles. The van der Waals surface area contributed by atoms with Gasteiger partial charge in [0.2, 0.25) is 11.8 Å². The molecule has 0 aromatic heterocycles. The maximum Gasteiger partial charge on any atom is 0.303 e. The number of nitrogens with one attached hydrogen (secondary N) is 2. The second kappa shape index (κ2) is 22.4. The monoisotopic (exact) mass is 605 g/mol. The van der Waals surface area contributed by atoms with Crippen molar-refractivity contribution in [3.8, 4) is 0 Å². The van der Waals surface area contributed by atoms with E-state index in [9.17, 15) is 28.6 Å². The van der Waals surface area contributed by atoms with Crippen LogP contribution in [0.1, 0.15) is 34.1 Å². The molecule has 2 amide bonds. The summed E-state index contributed by atoms with van der Waals surface area (Å²) in [5, 5.41) is 5.68. The van der Waals surface area contributed by atoms with E-state index in [1.807, 2.05) is 0 Å². The summed E-state index contributed by atoms with van der Waals surface area (Å²) in [7, 11) is -1.36. The van der Waals surface area contributed by atoms with Gasteiger partial charge in [-0.1, -0.05) is 35.4 Å². The second-order valence-corrected chi connectivity index (χ2v) is 12.2. The van der Waals surface area contributed by atoms with Crippen LogP contribution >= 0.6 is 29.4 Å². The van der Waals surface area contributed by atoms with E-state index in [0.29, 0.717) is 24.8 Å². The van der Waals surface area contributed by atoms with Gasteiger partial charge < -0.3 is 43.5 Å². The molecule has 0 aromatic carbocycles. The molecule has 14 nitrogen and oxygen atoms in total. The van der Waals surface area contributed by atoms with Crippen LogP contribution in [-0.2, 0) is 51.7 Å². The van der Waals surface area contributed by atoms with Crippen LogP contribution in [0.2, 0.25) is 0 Å². The molecular formula is C21H38N2O12PS2-. The highest BCUT2D eigenvalue weighted by Gasteiger charge is 2.19. The average molecular weight is 606 g/mol. The Morgan fingerprint density at radius 3 is 2.18 bits per heavy atom. The lowest BCUT2D eigenvalue weighted by Crippen LogP contribution is -2.32. The van der Waals surface area contributed by atoms with E-state index < -0.39 is 45.0 Å². The van der Waals surface area contributed by atoms with Crippen molar-refractivity contribution in [3.05, 3.63) is 0 Å². The molecule has 0 bridgehead atoms. The van der Waals surface area contributed by atoms with E-state index in [1.165, 1.54) is 0 Å². The molecule has 2 atom stereocenters. The Morgan fingerprint density at radius 1 is 0.868 bits per heavy atom. The standard InChI is InChI=1S/C21H39N2O12PS2/c1-16(2)38-37-12-5-20(26)22-6-8-30-10-11-31-15-21(27)23-7-9-33-36(28,29)34-14-19(35-18(4)25)13-32-17(3)24/h16,19H,5-15H2,1-4H3,(H,22,26)(H,23,27)(H,28,29)/p-1/t19-/m1/s1. The Kier molecular flexibility index (Phi) is 21.6. The molecule has 0 spiro atoms. The van der Waals surface area contributed by atoms with Crippen LogP contribution in [0.3, 0.4) is 0 Å². The van der Waals surface area contributed by atoms with Crippen LogP contribution in [0, 0.1) is 0 Å². The van der Waals surface area contributed by atoms with Gasteiger partial charge in [0.15, 0.2) is 6.10 Å². The number of phosphoric acid groups is 1. The third-order valence-electron chi connectivity index (χ3n) is 3.74. The molecule has 222 valence electrons. The van der Waals surface area contributed by atoms with Gasteiger partial charge in [-0.2, -0.15) is 0 Å². The summed E-state index contributed by atoms with van der Waals surface area (Å²) >= 11 is 0. The minimum Gasteiger partial charge on any atom is -0.756 e. The van der Waals surface area contributed by atoms with Gasteiger partial charge in [0.05, 0.1) is 33.0 Å². The van der Waals surface area contributed by atoms with Crippen LogP contribution in [0.15, 0.2) is 0 Å². The van der Waals surface area contributed by atoms with Crippen LogP contribution in [0.5, 0.6) is 0 Å². The molecule has 0 aromatic rings. The predicted octanol–water partition coefficient (Wildman–Crippen LogP) is 0.428.